The predicted molar refractivity (Wildman–Crippen MR) is 57.0 cm³/mol. The molecule has 0 amide bonds. The van der Waals surface area contributed by atoms with Crippen LogP contribution >= 0.6 is 0 Å². The number of halogens is 2. The summed E-state index contributed by atoms with van der Waals surface area (Å²) in [6, 6.07) is 4.17. The van der Waals surface area contributed by atoms with E-state index in [1.807, 2.05) is 0 Å². The number of hydrogen-bond donors (Lipinski definition) is 1. The van der Waals surface area contributed by atoms with Crippen molar-refractivity contribution in [2.24, 2.45) is 0 Å². The van der Waals surface area contributed by atoms with E-state index in [1.165, 1.54) is 25.3 Å². The molecule has 0 aliphatic carbocycles. The summed E-state index contributed by atoms with van der Waals surface area (Å²) in [5.41, 5.74) is 5.62. The maximum atomic E-state index is 13.7. The summed E-state index contributed by atoms with van der Waals surface area (Å²) in [5, 5.41) is 3.53. The zero-order valence-corrected chi connectivity index (χ0v) is 9.04. The van der Waals surface area contributed by atoms with Gasteiger partial charge in [0.2, 0.25) is 5.88 Å². The van der Waals surface area contributed by atoms with Gasteiger partial charge in [0.1, 0.15) is 5.69 Å². The first-order chi connectivity index (χ1) is 8.13. The summed E-state index contributed by atoms with van der Waals surface area (Å²) < 4.78 is 36.7. The fourth-order valence-corrected chi connectivity index (χ4v) is 1.47. The largest absolute Gasteiger partial charge is 0.380 e. The van der Waals surface area contributed by atoms with Crippen molar-refractivity contribution in [3.05, 3.63) is 35.4 Å². The Morgan fingerprint density at radius 3 is 2.71 bits per heavy atom. The molecule has 0 atom stereocenters. The lowest BCUT2D eigenvalue weighted by atomic mass is 10.1. The van der Waals surface area contributed by atoms with E-state index in [2.05, 4.69) is 9.68 Å². The van der Waals surface area contributed by atoms with Gasteiger partial charge < -0.3 is 15.0 Å². The SMILES string of the molecule is COCc1ccc(-c2cc(N)on2)c(F)c1F. The summed E-state index contributed by atoms with van der Waals surface area (Å²) in [6.45, 7) is 0.00396. The van der Waals surface area contributed by atoms with Gasteiger partial charge in [0.15, 0.2) is 11.6 Å². The molecular weight excluding hydrogens is 230 g/mol. The van der Waals surface area contributed by atoms with Crippen molar-refractivity contribution in [1.82, 2.24) is 5.16 Å². The fourth-order valence-electron chi connectivity index (χ4n) is 1.47. The minimum atomic E-state index is -0.993. The average Bonchev–Trinajstić information content (AvgIpc) is 2.72. The number of aromatic nitrogens is 1. The third-order valence-corrected chi connectivity index (χ3v) is 2.27. The highest BCUT2D eigenvalue weighted by atomic mass is 19.2. The Bertz CT molecular complexity index is 540. The maximum absolute atomic E-state index is 13.7. The molecule has 0 radical (unpaired) electrons. The fraction of sp³-hybridized carbons (Fsp3) is 0.182. The van der Waals surface area contributed by atoms with E-state index in [4.69, 9.17) is 10.5 Å². The van der Waals surface area contributed by atoms with Gasteiger partial charge >= 0.3 is 0 Å². The topological polar surface area (TPSA) is 61.3 Å². The van der Waals surface area contributed by atoms with E-state index in [0.29, 0.717) is 0 Å². The van der Waals surface area contributed by atoms with Gasteiger partial charge in [-0.25, -0.2) is 8.78 Å². The van der Waals surface area contributed by atoms with Crippen LogP contribution in [0.3, 0.4) is 0 Å². The van der Waals surface area contributed by atoms with Crippen LogP contribution in [0.1, 0.15) is 5.56 Å². The summed E-state index contributed by atoms with van der Waals surface area (Å²) in [5.74, 6) is -1.90. The predicted octanol–water partition coefficient (Wildman–Crippen LogP) is 2.35. The Labute approximate surface area is 96.0 Å². The average molecular weight is 240 g/mol. The van der Waals surface area contributed by atoms with Crippen molar-refractivity contribution in [1.29, 1.82) is 0 Å². The molecule has 2 rings (SSSR count). The molecular formula is C11H10F2N2O2. The van der Waals surface area contributed by atoms with Gasteiger partial charge in [0, 0.05) is 24.3 Å². The molecule has 17 heavy (non-hydrogen) atoms. The summed E-state index contributed by atoms with van der Waals surface area (Å²) in [6.07, 6.45) is 0. The minimum absolute atomic E-state index is 0.00260. The molecule has 0 unspecified atom stereocenters. The van der Waals surface area contributed by atoms with Gasteiger partial charge in [-0.2, -0.15) is 0 Å². The van der Waals surface area contributed by atoms with E-state index < -0.39 is 11.6 Å². The molecule has 2 aromatic rings. The highest BCUT2D eigenvalue weighted by molar-refractivity contribution is 5.62. The van der Waals surface area contributed by atoms with Crippen LogP contribution in [0, 0.1) is 11.6 Å². The second-order valence-corrected chi connectivity index (χ2v) is 3.45. The third kappa shape index (κ3) is 2.12. The smallest absolute Gasteiger partial charge is 0.222 e. The molecule has 0 saturated carbocycles. The zero-order chi connectivity index (χ0) is 12.4. The van der Waals surface area contributed by atoms with E-state index in [-0.39, 0.29) is 29.3 Å². The lowest BCUT2D eigenvalue weighted by molar-refractivity contribution is 0.180. The van der Waals surface area contributed by atoms with Gasteiger partial charge in [-0.3, -0.25) is 0 Å². The Hall–Kier alpha value is -1.95. The number of nitrogens with zero attached hydrogens (tertiary/aromatic N) is 1. The first kappa shape index (κ1) is 11.5. The lowest BCUT2D eigenvalue weighted by Gasteiger charge is -2.05. The summed E-state index contributed by atoms with van der Waals surface area (Å²) in [7, 11) is 1.41. The number of ether oxygens (including phenoxy) is 1. The van der Waals surface area contributed by atoms with Crippen LogP contribution in [-0.4, -0.2) is 12.3 Å². The molecule has 90 valence electrons. The number of benzene rings is 1. The lowest BCUT2D eigenvalue weighted by Crippen LogP contribution is -1.98. The van der Waals surface area contributed by atoms with Gasteiger partial charge in [0.05, 0.1) is 6.61 Å². The summed E-state index contributed by atoms with van der Waals surface area (Å²) >= 11 is 0. The molecule has 0 bridgehead atoms. The number of rotatable bonds is 3. The van der Waals surface area contributed by atoms with Gasteiger partial charge in [-0.05, 0) is 6.07 Å². The van der Waals surface area contributed by atoms with Crippen LogP contribution in [0.25, 0.3) is 11.3 Å². The van der Waals surface area contributed by atoms with E-state index >= 15 is 0 Å². The number of methoxy groups -OCH3 is 1. The molecule has 4 nitrogen and oxygen atoms in total. The van der Waals surface area contributed by atoms with Gasteiger partial charge in [-0.15, -0.1) is 0 Å². The van der Waals surface area contributed by atoms with E-state index in [9.17, 15) is 8.78 Å². The first-order valence-corrected chi connectivity index (χ1v) is 4.82. The Morgan fingerprint density at radius 1 is 1.35 bits per heavy atom. The van der Waals surface area contributed by atoms with Gasteiger partial charge in [0.25, 0.3) is 0 Å². The number of nitrogen functional groups attached to an aromatic ring is 1. The standard InChI is InChI=1S/C11H10F2N2O2/c1-16-5-6-2-3-7(11(13)10(6)12)8-4-9(14)17-15-8/h2-4H,5,14H2,1H3. The second kappa shape index (κ2) is 4.50. The van der Waals surface area contributed by atoms with Crippen molar-refractivity contribution in [2.45, 2.75) is 6.61 Å². The quantitative estimate of drug-likeness (QED) is 0.894. The van der Waals surface area contributed by atoms with Crippen LogP contribution in [0.4, 0.5) is 14.7 Å². The monoisotopic (exact) mass is 240 g/mol. The third-order valence-electron chi connectivity index (χ3n) is 2.27. The molecule has 1 heterocycles. The van der Waals surface area contributed by atoms with E-state index in [0.717, 1.165) is 0 Å². The molecule has 2 N–H and O–H groups in total. The number of anilines is 1. The normalized spacial score (nSPS) is 10.8. The minimum Gasteiger partial charge on any atom is -0.380 e. The molecule has 1 aromatic carbocycles. The summed E-state index contributed by atoms with van der Waals surface area (Å²) in [4.78, 5) is 0. The first-order valence-electron chi connectivity index (χ1n) is 4.82. The van der Waals surface area contributed by atoms with Crippen molar-refractivity contribution < 1.29 is 18.0 Å². The molecule has 0 fully saturated rings. The maximum Gasteiger partial charge on any atom is 0.222 e. The Kier molecular flexibility index (Phi) is 3.06. The highest BCUT2D eigenvalue weighted by Gasteiger charge is 2.16. The molecule has 0 aliphatic rings. The van der Waals surface area contributed by atoms with Crippen LogP contribution in [-0.2, 0) is 11.3 Å². The highest BCUT2D eigenvalue weighted by Crippen LogP contribution is 2.26. The molecule has 0 saturated heterocycles. The molecule has 0 aliphatic heterocycles. The molecule has 6 heteroatoms. The van der Waals surface area contributed by atoms with Crippen LogP contribution in [0.15, 0.2) is 22.7 Å². The molecule has 0 spiro atoms. The van der Waals surface area contributed by atoms with Gasteiger partial charge in [-0.1, -0.05) is 11.2 Å². The van der Waals surface area contributed by atoms with Crippen LogP contribution in [0.2, 0.25) is 0 Å². The van der Waals surface area contributed by atoms with Crippen molar-refractivity contribution in [3.8, 4) is 11.3 Å². The van der Waals surface area contributed by atoms with Crippen molar-refractivity contribution in [3.63, 3.8) is 0 Å². The Balaban J connectivity index is 2.47. The molecule has 1 aromatic heterocycles. The van der Waals surface area contributed by atoms with E-state index in [1.54, 1.807) is 0 Å². The number of hydrogen-bond acceptors (Lipinski definition) is 4. The van der Waals surface area contributed by atoms with Crippen LogP contribution in [0.5, 0.6) is 0 Å². The Morgan fingerprint density at radius 2 is 2.12 bits per heavy atom. The zero-order valence-electron chi connectivity index (χ0n) is 9.04. The second-order valence-electron chi connectivity index (χ2n) is 3.45. The van der Waals surface area contributed by atoms with Crippen molar-refractivity contribution in [2.75, 3.05) is 12.8 Å². The number of nitrogens with two attached hydrogens (primary N) is 1. The van der Waals surface area contributed by atoms with Crippen molar-refractivity contribution >= 4 is 5.88 Å². The van der Waals surface area contributed by atoms with Crippen LogP contribution < -0.4 is 5.73 Å².